The molecule has 0 radical (unpaired) electrons. The van der Waals surface area contributed by atoms with Crippen molar-refractivity contribution in [2.24, 2.45) is 7.05 Å². The highest BCUT2D eigenvalue weighted by atomic mass is 35.5. The second-order valence-electron chi connectivity index (χ2n) is 6.12. The molecule has 0 amide bonds. The quantitative estimate of drug-likeness (QED) is 0.754. The zero-order chi connectivity index (χ0) is 14.7. The average Bonchev–Trinajstić information content (AvgIpc) is 2.74. The molecule has 1 saturated heterocycles. The molecule has 2 aromatic rings. The maximum absolute atomic E-state index is 6.04. The Morgan fingerprint density at radius 2 is 1.80 bits per heavy atom. The first kappa shape index (κ1) is 13.9. The Morgan fingerprint density at radius 1 is 1.20 bits per heavy atom. The van der Waals surface area contributed by atoms with E-state index in [0.717, 1.165) is 16.6 Å². The van der Waals surface area contributed by atoms with Gasteiger partial charge in [0.15, 0.2) is 5.65 Å². The molecule has 0 unspecified atom stereocenters. The van der Waals surface area contributed by atoms with Gasteiger partial charge in [-0.15, -0.1) is 0 Å². The first-order valence-corrected chi connectivity index (χ1v) is 6.93. The summed E-state index contributed by atoms with van der Waals surface area (Å²) in [6, 6.07) is 1.84. The van der Waals surface area contributed by atoms with Crippen molar-refractivity contribution in [1.29, 1.82) is 0 Å². The van der Waals surface area contributed by atoms with Gasteiger partial charge in [-0.1, -0.05) is 11.6 Å². The van der Waals surface area contributed by atoms with Crippen molar-refractivity contribution in [2.75, 3.05) is 0 Å². The van der Waals surface area contributed by atoms with E-state index in [0.29, 0.717) is 5.02 Å². The Labute approximate surface area is 123 Å². The van der Waals surface area contributed by atoms with Crippen LogP contribution in [0.1, 0.15) is 27.7 Å². The summed E-state index contributed by atoms with van der Waals surface area (Å²) in [6.07, 6.45) is 1.61. The van der Waals surface area contributed by atoms with Crippen LogP contribution < -0.4 is 5.59 Å². The zero-order valence-electron chi connectivity index (χ0n) is 12.3. The first-order chi connectivity index (χ1) is 9.21. The van der Waals surface area contributed by atoms with E-state index in [1.165, 1.54) is 0 Å². The molecule has 106 valence electrons. The predicted octanol–water partition coefficient (Wildman–Crippen LogP) is 1.92. The average molecular weight is 294 g/mol. The summed E-state index contributed by atoms with van der Waals surface area (Å²) in [5.41, 5.74) is 0.691. The lowest BCUT2D eigenvalue weighted by Crippen LogP contribution is -2.41. The predicted molar refractivity (Wildman–Crippen MR) is 79.2 cm³/mol. The van der Waals surface area contributed by atoms with E-state index < -0.39 is 18.3 Å². The van der Waals surface area contributed by atoms with E-state index in [4.69, 9.17) is 20.9 Å². The van der Waals surface area contributed by atoms with Gasteiger partial charge in [0.05, 0.1) is 16.2 Å². The third-order valence-corrected chi connectivity index (χ3v) is 4.36. The number of hydrogen-bond donors (Lipinski definition) is 0. The van der Waals surface area contributed by atoms with Crippen LogP contribution in [0.2, 0.25) is 5.02 Å². The van der Waals surface area contributed by atoms with E-state index in [1.54, 1.807) is 10.9 Å². The van der Waals surface area contributed by atoms with Crippen LogP contribution in [0.4, 0.5) is 0 Å². The molecule has 0 spiro atoms. The van der Waals surface area contributed by atoms with Gasteiger partial charge < -0.3 is 9.31 Å². The smallest absolute Gasteiger partial charge is 0.398 e. The fourth-order valence-electron chi connectivity index (χ4n) is 2.27. The number of aromatic nitrogens is 3. The molecule has 0 bridgehead atoms. The maximum atomic E-state index is 6.04. The van der Waals surface area contributed by atoms with E-state index >= 15 is 0 Å². The third-order valence-electron chi connectivity index (χ3n) is 4.15. The SMILES string of the molecule is Cn1nc(B2OC(C)(C)C(C)(C)O2)c2cc(Cl)cnc21. The molecular formula is C13H17BClN3O2. The molecule has 5 nitrogen and oxygen atoms in total. The summed E-state index contributed by atoms with van der Waals surface area (Å²) in [5.74, 6) is 0. The molecular weight excluding hydrogens is 276 g/mol. The number of pyridine rings is 1. The third kappa shape index (κ3) is 1.94. The highest BCUT2D eigenvalue weighted by Gasteiger charge is 2.53. The van der Waals surface area contributed by atoms with Crippen LogP contribution in [-0.2, 0) is 16.4 Å². The molecule has 3 heterocycles. The Bertz CT molecular complexity index is 668. The van der Waals surface area contributed by atoms with Gasteiger partial charge in [-0.05, 0) is 33.8 Å². The summed E-state index contributed by atoms with van der Waals surface area (Å²) in [7, 11) is 1.33. The van der Waals surface area contributed by atoms with Gasteiger partial charge in [0.25, 0.3) is 0 Å². The fraction of sp³-hybridized carbons (Fsp3) is 0.538. The van der Waals surface area contributed by atoms with Crippen molar-refractivity contribution < 1.29 is 9.31 Å². The van der Waals surface area contributed by atoms with E-state index in [9.17, 15) is 0 Å². The molecule has 2 aromatic heterocycles. The van der Waals surface area contributed by atoms with E-state index in [1.807, 2.05) is 40.8 Å². The van der Waals surface area contributed by atoms with Gasteiger partial charge in [-0.3, -0.25) is 4.68 Å². The molecule has 0 aromatic carbocycles. The molecule has 3 rings (SSSR count). The van der Waals surface area contributed by atoms with Crippen molar-refractivity contribution in [1.82, 2.24) is 14.8 Å². The minimum Gasteiger partial charge on any atom is -0.398 e. The molecule has 0 atom stereocenters. The standard InChI is InChI=1S/C13H17BClN3O2/c1-12(2)13(3,4)20-14(19-12)10-9-6-8(15)7-16-11(9)18(5)17-10/h6-7H,1-5H3. The lowest BCUT2D eigenvalue weighted by molar-refractivity contribution is 0.00578. The lowest BCUT2D eigenvalue weighted by Gasteiger charge is -2.32. The highest BCUT2D eigenvalue weighted by Crippen LogP contribution is 2.36. The van der Waals surface area contributed by atoms with Crippen molar-refractivity contribution in [2.45, 2.75) is 38.9 Å². The maximum Gasteiger partial charge on any atom is 0.517 e. The van der Waals surface area contributed by atoms with Gasteiger partial charge in [-0.25, -0.2) is 4.98 Å². The van der Waals surface area contributed by atoms with Gasteiger partial charge in [0.1, 0.15) is 5.59 Å². The summed E-state index contributed by atoms with van der Waals surface area (Å²) < 4.78 is 13.8. The number of halogens is 1. The minimum absolute atomic E-state index is 0.395. The molecule has 7 heteroatoms. The molecule has 1 aliphatic heterocycles. The van der Waals surface area contributed by atoms with Crippen LogP contribution in [0, 0.1) is 0 Å². The largest absolute Gasteiger partial charge is 0.517 e. The Morgan fingerprint density at radius 3 is 2.40 bits per heavy atom. The number of nitrogens with zero attached hydrogens (tertiary/aromatic N) is 3. The van der Waals surface area contributed by atoms with Crippen LogP contribution in [0.25, 0.3) is 11.0 Å². The minimum atomic E-state index is -0.510. The lowest BCUT2D eigenvalue weighted by atomic mass is 9.83. The number of hydrogen-bond acceptors (Lipinski definition) is 4. The number of fused-ring (bicyclic) bond motifs is 1. The van der Waals surface area contributed by atoms with Gasteiger partial charge >= 0.3 is 7.12 Å². The summed E-state index contributed by atoms with van der Waals surface area (Å²) in [5, 5.41) is 5.92. The topological polar surface area (TPSA) is 49.2 Å². The number of rotatable bonds is 1. The van der Waals surface area contributed by atoms with E-state index in [-0.39, 0.29) is 0 Å². The van der Waals surface area contributed by atoms with Gasteiger partial charge in [0.2, 0.25) is 0 Å². The van der Waals surface area contributed by atoms with Crippen molar-refractivity contribution >= 4 is 35.3 Å². The second-order valence-corrected chi connectivity index (χ2v) is 6.56. The van der Waals surface area contributed by atoms with Crippen LogP contribution >= 0.6 is 11.6 Å². The Balaban J connectivity index is 2.10. The molecule has 0 saturated carbocycles. The summed E-state index contributed by atoms with van der Waals surface area (Å²) >= 11 is 6.04. The zero-order valence-corrected chi connectivity index (χ0v) is 13.0. The molecule has 1 fully saturated rings. The molecule has 20 heavy (non-hydrogen) atoms. The normalized spacial score (nSPS) is 20.8. The Hall–Kier alpha value is -1.11. The van der Waals surface area contributed by atoms with Crippen molar-refractivity contribution in [3.63, 3.8) is 0 Å². The second kappa shape index (κ2) is 4.19. The highest BCUT2D eigenvalue weighted by molar-refractivity contribution is 6.64. The van der Waals surface area contributed by atoms with Crippen molar-refractivity contribution in [3.05, 3.63) is 17.3 Å². The summed E-state index contributed by atoms with van der Waals surface area (Å²) in [4.78, 5) is 4.30. The van der Waals surface area contributed by atoms with Crippen molar-refractivity contribution in [3.8, 4) is 0 Å². The molecule has 0 aliphatic carbocycles. The van der Waals surface area contributed by atoms with Crippen LogP contribution in [0.5, 0.6) is 0 Å². The van der Waals surface area contributed by atoms with Gasteiger partial charge in [0, 0.05) is 18.6 Å². The molecule has 0 N–H and O–H groups in total. The monoisotopic (exact) mass is 293 g/mol. The van der Waals surface area contributed by atoms with E-state index in [2.05, 4.69) is 10.1 Å². The van der Waals surface area contributed by atoms with Crippen LogP contribution in [0.3, 0.4) is 0 Å². The van der Waals surface area contributed by atoms with Crippen LogP contribution in [-0.4, -0.2) is 33.1 Å². The van der Waals surface area contributed by atoms with Crippen LogP contribution in [0.15, 0.2) is 12.3 Å². The van der Waals surface area contributed by atoms with Gasteiger partial charge in [-0.2, -0.15) is 5.10 Å². The summed E-state index contributed by atoms with van der Waals surface area (Å²) in [6.45, 7) is 8.07. The first-order valence-electron chi connectivity index (χ1n) is 6.55. The Kier molecular flexibility index (Phi) is 2.91. The molecule has 1 aliphatic rings. The fourth-order valence-corrected chi connectivity index (χ4v) is 2.43. The number of aryl methyl sites for hydroxylation is 1.